The lowest BCUT2D eigenvalue weighted by Crippen LogP contribution is -2.23. The van der Waals surface area contributed by atoms with Gasteiger partial charge in [-0.2, -0.15) is 5.26 Å². The van der Waals surface area contributed by atoms with Crippen LogP contribution in [0.15, 0.2) is 24.3 Å². The first kappa shape index (κ1) is 11.8. The molecule has 0 radical (unpaired) electrons. The zero-order valence-corrected chi connectivity index (χ0v) is 8.86. The van der Waals surface area contributed by atoms with Crippen LogP contribution in [0.2, 0.25) is 0 Å². The molecule has 0 aliphatic heterocycles. The number of hydrogen-bond acceptors (Lipinski definition) is 2. The summed E-state index contributed by atoms with van der Waals surface area (Å²) in [5.41, 5.74) is 1.66. The fourth-order valence-electron chi connectivity index (χ4n) is 1.24. The van der Waals surface area contributed by atoms with Gasteiger partial charge in [0.15, 0.2) is 0 Å². The molecule has 3 heteroatoms. The first-order chi connectivity index (χ1) is 7.76. The smallest absolute Gasteiger partial charge is 0.221 e. The molecule has 0 atom stereocenters. The first-order valence-corrected chi connectivity index (χ1v) is 4.95. The highest BCUT2D eigenvalue weighted by molar-refractivity contribution is 5.76. The molecule has 1 amide bonds. The van der Waals surface area contributed by atoms with Gasteiger partial charge in [0.25, 0.3) is 0 Å². The Balaban J connectivity index is 2.40. The van der Waals surface area contributed by atoms with Gasteiger partial charge in [-0.25, -0.2) is 0 Å². The zero-order valence-electron chi connectivity index (χ0n) is 8.86. The van der Waals surface area contributed by atoms with Crippen LogP contribution >= 0.6 is 0 Å². The van der Waals surface area contributed by atoms with Crippen molar-refractivity contribution in [3.63, 3.8) is 0 Å². The molecule has 0 saturated heterocycles. The molecule has 0 aliphatic carbocycles. The highest BCUT2D eigenvalue weighted by atomic mass is 16.1. The quantitative estimate of drug-likeness (QED) is 0.763. The number of hydrogen-bond donors (Lipinski definition) is 1. The van der Waals surface area contributed by atoms with E-state index in [1.807, 2.05) is 18.2 Å². The van der Waals surface area contributed by atoms with Crippen molar-refractivity contribution in [3.05, 3.63) is 35.4 Å². The molecule has 0 saturated carbocycles. The van der Waals surface area contributed by atoms with Crippen LogP contribution in [-0.2, 0) is 11.2 Å². The van der Waals surface area contributed by atoms with Gasteiger partial charge in [0.05, 0.1) is 18.2 Å². The summed E-state index contributed by atoms with van der Waals surface area (Å²) in [5, 5.41) is 11.2. The van der Waals surface area contributed by atoms with E-state index in [0.717, 1.165) is 5.56 Å². The van der Waals surface area contributed by atoms with E-state index in [9.17, 15) is 4.79 Å². The summed E-state index contributed by atoms with van der Waals surface area (Å²) in [6, 6.07) is 9.24. The minimum Gasteiger partial charge on any atom is -0.345 e. The van der Waals surface area contributed by atoms with Crippen LogP contribution in [0.4, 0.5) is 0 Å². The molecule has 0 aliphatic rings. The van der Waals surface area contributed by atoms with Crippen LogP contribution in [0, 0.1) is 23.7 Å². The fraction of sp³-hybridized carbons (Fsp3) is 0.231. The summed E-state index contributed by atoms with van der Waals surface area (Å²) in [5.74, 6) is 2.29. The lowest BCUT2D eigenvalue weighted by molar-refractivity contribution is -0.120. The van der Waals surface area contributed by atoms with Gasteiger partial charge in [-0.15, -0.1) is 6.42 Å². The van der Waals surface area contributed by atoms with Gasteiger partial charge < -0.3 is 5.32 Å². The molecule has 1 rings (SSSR count). The number of benzene rings is 1. The predicted molar refractivity (Wildman–Crippen MR) is 61.3 cm³/mol. The number of aryl methyl sites for hydroxylation is 1. The summed E-state index contributed by atoms with van der Waals surface area (Å²) < 4.78 is 0. The number of nitriles is 1. The fourth-order valence-corrected chi connectivity index (χ4v) is 1.24. The predicted octanol–water partition coefficient (Wildman–Crippen LogP) is 1.24. The molecule has 0 aromatic heterocycles. The molecule has 0 bridgehead atoms. The Labute approximate surface area is 95.1 Å². The van der Waals surface area contributed by atoms with Crippen LogP contribution in [0.5, 0.6) is 0 Å². The normalized spacial score (nSPS) is 8.88. The van der Waals surface area contributed by atoms with Gasteiger partial charge in [-0.1, -0.05) is 18.1 Å². The monoisotopic (exact) mass is 212 g/mol. The summed E-state index contributed by atoms with van der Waals surface area (Å²) in [7, 11) is 0. The molecule has 80 valence electrons. The Bertz CT molecular complexity index is 434. The number of terminal acetylenes is 1. The maximum atomic E-state index is 11.2. The topological polar surface area (TPSA) is 52.9 Å². The van der Waals surface area contributed by atoms with Crippen molar-refractivity contribution in [3.8, 4) is 18.4 Å². The van der Waals surface area contributed by atoms with E-state index in [1.54, 1.807) is 12.1 Å². The second-order valence-electron chi connectivity index (χ2n) is 3.29. The van der Waals surface area contributed by atoms with Gasteiger partial charge in [-0.05, 0) is 24.1 Å². The molecule has 1 N–H and O–H groups in total. The molecular formula is C13H12N2O. The Morgan fingerprint density at radius 2 is 2.06 bits per heavy atom. The Morgan fingerprint density at radius 1 is 1.38 bits per heavy atom. The van der Waals surface area contributed by atoms with Crippen molar-refractivity contribution in [2.45, 2.75) is 12.8 Å². The minimum atomic E-state index is -0.0534. The molecule has 1 aromatic carbocycles. The number of carbonyl (C=O) groups is 1. The Morgan fingerprint density at radius 3 is 2.62 bits per heavy atom. The van der Waals surface area contributed by atoms with Crippen molar-refractivity contribution >= 4 is 5.91 Å². The highest BCUT2D eigenvalue weighted by Crippen LogP contribution is 2.05. The summed E-state index contributed by atoms with van der Waals surface area (Å²) in [6.07, 6.45) is 6.09. The first-order valence-electron chi connectivity index (χ1n) is 4.95. The molecule has 0 fully saturated rings. The van der Waals surface area contributed by atoms with Gasteiger partial charge in [0, 0.05) is 6.42 Å². The van der Waals surface area contributed by atoms with E-state index in [0.29, 0.717) is 18.4 Å². The molecule has 1 aromatic rings. The maximum Gasteiger partial charge on any atom is 0.221 e. The second kappa shape index (κ2) is 6.27. The zero-order chi connectivity index (χ0) is 11.8. The van der Waals surface area contributed by atoms with Gasteiger partial charge in [0.2, 0.25) is 5.91 Å². The third kappa shape index (κ3) is 3.86. The third-order valence-corrected chi connectivity index (χ3v) is 2.11. The molecule has 0 heterocycles. The average Bonchev–Trinajstić information content (AvgIpc) is 2.34. The van der Waals surface area contributed by atoms with Crippen molar-refractivity contribution in [1.29, 1.82) is 5.26 Å². The lowest BCUT2D eigenvalue weighted by Gasteiger charge is -2.02. The van der Waals surface area contributed by atoms with Crippen molar-refractivity contribution in [2.24, 2.45) is 0 Å². The molecule has 0 unspecified atom stereocenters. The van der Waals surface area contributed by atoms with E-state index < -0.39 is 0 Å². The van der Waals surface area contributed by atoms with Crippen molar-refractivity contribution < 1.29 is 4.79 Å². The van der Waals surface area contributed by atoms with Gasteiger partial charge in [-0.3, -0.25) is 4.79 Å². The molecule has 16 heavy (non-hydrogen) atoms. The largest absolute Gasteiger partial charge is 0.345 e. The standard InChI is InChI=1S/C13H12N2O/c1-2-9-15-13(16)8-7-11-3-5-12(10-14)6-4-11/h1,3-6H,7-9H2,(H,15,16). The summed E-state index contributed by atoms with van der Waals surface area (Å²) in [6.45, 7) is 0.270. The van der Waals surface area contributed by atoms with E-state index in [4.69, 9.17) is 11.7 Å². The van der Waals surface area contributed by atoms with E-state index in [2.05, 4.69) is 11.2 Å². The number of nitrogens with zero attached hydrogens (tertiary/aromatic N) is 1. The Hall–Kier alpha value is -2.26. The summed E-state index contributed by atoms with van der Waals surface area (Å²) in [4.78, 5) is 11.2. The number of nitrogens with one attached hydrogen (secondary N) is 1. The van der Waals surface area contributed by atoms with E-state index >= 15 is 0 Å². The van der Waals surface area contributed by atoms with Crippen LogP contribution in [0.25, 0.3) is 0 Å². The molecule has 3 nitrogen and oxygen atoms in total. The van der Waals surface area contributed by atoms with Crippen LogP contribution in [0.1, 0.15) is 17.5 Å². The Kier molecular flexibility index (Phi) is 4.63. The lowest BCUT2D eigenvalue weighted by atomic mass is 10.1. The van der Waals surface area contributed by atoms with E-state index in [-0.39, 0.29) is 12.5 Å². The maximum absolute atomic E-state index is 11.2. The van der Waals surface area contributed by atoms with Gasteiger partial charge in [0.1, 0.15) is 0 Å². The van der Waals surface area contributed by atoms with Crippen molar-refractivity contribution in [2.75, 3.05) is 6.54 Å². The second-order valence-corrected chi connectivity index (χ2v) is 3.29. The SMILES string of the molecule is C#CCNC(=O)CCc1ccc(C#N)cc1. The molecular weight excluding hydrogens is 200 g/mol. The minimum absolute atomic E-state index is 0.0534. The van der Waals surface area contributed by atoms with Crippen LogP contribution in [-0.4, -0.2) is 12.5 Å². The van der Waals surface area contributed by atoms with Crippen LogP contribution in [0.3, 0.4) is 0 Å². The number of amides is 1. The van der Waals surface area contributed by atoms with Gasteiger partial charge >= 0.3 is 0 Å². The average molecular weight is 212 g/mol. The highest BCUT2D eigenvalue weighted by Gasteiger charge is 2.00. The number of carbonyl (C=O) groups excluding carboxylic acids is 1. The van der Waals surface area contributed by atoms with E-state index in [1.165, 1.54) is 0 Å². The molecule has 0 spiro atoms. The third-order valence-electron chi connectivity index (χ3n) is 2.11. The van der Waals surface area contributed by atoms with Crippen molar-refractivity contribution in [1.82, 2.24) is 5.32 Å². The summed E-state index contributed by atoms with van der Waals surface area (Å²) >= 11 is 0. The number of rotatable bonds is 4. The van der Waals surface area contributed by atoms with Crippen LogP contribution < -0.4 is 5.32 Å².